The van der Waals surface area contributed by atoms with Gasteiger partial charge in [0, 0.05) is 29.6 Å². The third kappa shape index (κ3) is 4.64. The number of likely N-dealkylation sites (tertiary alicyclic amines) is 1. The van der Waals surface area contributed by atoms with Crippen molar-refractivity contribution in [2.24, 2.45) is 10.8 Å². The Balaban J connectivity index is 1.33. The largest absolute Gasteiger partial charge is 0.461 e. The predicted molar refractivity (Wildman–Crippen MR) is 135 cm³/mol. The Morgan fingerprint density at radius 2 is 1.88 bits per heavy atom. The zero-order chi connectivity index (χ0) is 23.4. The van der Waals surface area contributed by atoms with Crippen LogP contribution in [0.2, 0.25) is 0 Å². The van der Waals surface area contributed by atoms with E-state index in [1.54, 1.807) is 12.1 Å². The standard InChI is InChI=1S/C29H36N2O3/c30-25-14-5-4-13-24(25)26(32)34-22-29-17-9-16-28(15-6-7-19-33-27(28)29)20-31(21-29)18-8-12-23-10-2-1-3-11-23/h1-7,10-11,13-14,27H,8-9,12,15-22,30H2/t27-,28+,29-/m0/s1. The molecule has 2 aromatic rings. The monoisotopic (exact) mass is 460 g/mol. The van der Waals surface area contributed by atoms with Gasteiger partial charge in [0.1, 0.15) is 6.61 Å². The Morgan fingerprint density at radius 3 is 2.74 bits per heavy atom. The molecular formula is C29H36N2O3. The summed E-state index contributed by atoms with van der Waals surface area (Å²) in [6.45, 7) is 4.03. The van der Waals surface area contributed by atoms with Gasteiger partial charge < -0.3 is 20.1 Å². The summed E-state index contributed by atoms with van der Waals surface area (Å²) in [6, 6.07) is 17.9. The molecule has 2 heterocycles. The summed E-state index contributed by atoms with van der Waals surface area (Å²) in [7, 11) is 0. The van der Waals surface area contributed by atoms with Gasteiger partial charge in [-0.3, -0.25) is 0 Å². The number of carbonyl (C=O) groups is 1. The number of allylic oxidation sites excluding steroid dienone is 1. The lowest BCUT2D eigenvalue weighted by Gasteiger charge is -2.60. The van der Waals surface area contributed by atoms with Crippen LogP contribution in [0.4, 0.5) is 5.69 Å². The molecule has 0 radical (unpaired) electrons. The fourth-order valence-corrected chi connectivity index (χ4v) is 6.61. The molecule has 5 heteroatoms. The first kappa shape index (κ1) is 23.1. The minimum absolute atomic E-state index is 0.0917. The number of hydrogen-bond donors (Lipinski definition) is 1. The highest BCUT2D eigenvalue weighted by Crippen LogP contribution is 2.55. The molecule has 1 aliphatic carbocycles. The number of rotatable bonds is 7. The first-order valence-electron chi connectivity index (χ1n) is 12.6. The second kappa shape index (κ2) is 9.93. The van der Waals surface area contributed by atoms with Crippen molar-refractivity contribution in [3.8, 4) is 0 Å². The molecule has 34 heavy (non-hydrogen) atoms. The predicted octanol–water partition coefficient (Wildman–Crippen LogP) is 4.88. The molecule has 2 aromatic carbocycles. The molecule has 3 aliphatic rings. The third-order valence-corrected chi connectivity index (χ3v) is 8.04. The smallest absolute Gasteiger partial charge is 0.340 e. The summed E-state index contributed by atoms with van der Waals surface area (Å²) in [5.41, 5.74) is 8.24. The summed E-state index contributed by atoms with van der Waals surface area (Å²) in [5, 5.41) is 0. The number of aryl methyl sites for hydroxylation is 1. The maximum Gasteiger partial charge on any atom is 0.340 e. The molecule has 2 aliphatic heterocycles. The van der Waals surface area contributed by atoms with Crippen LogP contribution in [0, 0.1) is 10.8 Å². The van der Waals surface area contributed by atoms with Gasteiger partial charge in [-0.25, -0.2) is 4.79 Å². The van der Waals surface area contributed by atoms with Gasteiger partial charge in [-0.15, -0.1) is 0 Å². The van der Waals surface area contributed by atoms with Crippen molar-refractivity contribution < 1.29 is 14.3 Å². The minimum Gasteiger partial charge on any atom is -0.461 e. The van der Waals surface area contributed by atoms with E-state index < -0.39 is 0 Å². The van der Waals surface area contributed by atoms with Gasteiger partial charge in [0.05, 0.1) is 18.3 Å². The maximum atomic E-state index is 12.9. The van der Waals surface area contributed by atoms with Gasteiger partial charge in [0.25, 0.3) is 0 Å². The molecule has 2 fully saturated rings. The van der Waals surface area contributed by atoms with Gasteiger partial charge >= 0.3 is 5.97 Å². The number of anilines is 1. The second-order valence-electron chi connectivity index (χ2n) is 10.4. The van der Waals surface area contributed by atoms with Gasteiger partial charge in [-0.05, 0) is 56.3 Å². The molecule has 0 amide bonds. The van der Waals surface area contributed by atoms with Crippen LogP contribution in [0.1, 0.15) is 48.0 Å². The van der Waals surface area contributed by atoms with Crippen molar-refractivity contribution in [2.75, 3.05) is 38.6 Å². The summed E-state index contributed by atoms with van der Waals surface area (Å²) in [4.78, 5) is 15.6. The Morgan fingerprint density at radius 1 is 1.06 bits per heavy atom. The first-order valence-corrected chi connectivity index (χ1v) is 12.6. The molecule has 180 valence electrons. The molecule has 0 aromatic heterocycles. The van der Waals surface area contributed by atoms with E-state index in [2.05, 4.69) is 47.4 Å². The summed E-state index contributed by atoms with van der Waals surface area (Å²) >= 11 is 0. The lowest BCUT2D eigenvalue weighted by molar-refractivity contribution is -0.198. The molecule has 5 nitrogen and oxygen atoms in total. The summed E-state index contributed by atoms with van der Waals surface area (Å²) < 4.78 is 12.5. The number of benzene rings is 2. The number of para-hydroxylation sites is 1. The molecule has 2 bridgehead atoms. The average molecular weight is 461 g/mol. The first-order chi connectivity index (χ1) is 16.6. The molecular weight excluding hydrogens is 424 g/mol. The van der Waals surface area contributed by atoms with E-state index in [-0.39, 0.29) is 22.9 Å². The fourth-order valence-electron chi connectivity index (χ4n) is 6.61. The van der Waals surface area contributed by atoms with Gasteiger partial charge in [-0.1, -0.05) is 61.0 Å². The highest BCUT2D eigenvalue weighted by Gasteiger charge is 2.59. The SMILES string of the molecule is Nc1ccccc1C(=O)OC[C@@]12CCC[C@]3(CC=CCO[C@@H]31)CN(CCCc1ccccc1)C2. The lowest BCUT2D eigenvalue weighted by Crippen LogP contribution is -2.66. The van der Waals surface area contributed by atoms with Gasteiger partial charge in [0.2, 0.25) is 0 Å². The Hall–Kier alpha value is -2.63. The molecule has 0 spiro atoms. The minimum atomic E-state index is -0.336. The normalized spacial score (nSPS) is 28.6. The Labute approximate surface area is 202 Å². The number of nitrogens with two attached hydrogens (primary N) is 1. The molecule has 2 N–H and O–H groups in total. The number of carbonyl (C=O) groups excluding carboxylic acids is 1. The Bertz CT molecular complexity index is 1020. The van der Waals surface area contributed by atoms with Crippen molar-refractivity contribution in [3.63, 3.8) is 0 Å². The van der Waals surface area contributed by atoms with Crippen molar-refractivity contribution >= 4 is 11.7 Å². The third-order valence-electron chi connectivity index (χ3n) is 8.04. The zero-order valence-corrected chi connectivity index (χ0v) is 20.0. The quantitative estimate of drug-likeness (QED) is 0.363. The van der Waals surface area contributed by atoms with E-state index in [4.69, 9.17) is 15.2 Å². The van der Waals surface area contributed by atoms with Gasteiger partial charge in [0.15, 0.2) is 0 Å². The van der Waals surface area contributed by atoms with Crippen LogP contribution in [-0.2, 0) is 15.9 Å². The van der Waals surface area contributed by atoms with Crippen molar-refractivity contribution in [1.29, 1.82) is 0 Å². The van der Waals surface area contributed by atoms with Crippen molar-refractivity contribution in [2.45, 2.75) is 44.6 Å². The molecule has 5 rings (SSSR count). The van der Waals surface area contributed by atoms with E-state index in [1.165, 1.54) is 12.0 Å². The highest BCUT2D eigenvalue weighted by molar-refractivity contribution is 5.94. The number of nitrogens with zero attached hydrogens (tertiary/aromatic N) is 1. The van der Waals surface area contributed by atoms with E-state index in [1.807, 2.05) is 12.1 Å². The van der Waals surface area contributed by atoms with Crippen molar-refractivity contribution in [1.82, 2.24) is 4.90 Å². The average Bonchev–Trinajstić information content (AvgIpc) is 3.07. The van der Waals surface area contributed by atoms with Crippen LogP contribution in [0.25, 0.3) is 0 Å². The zero-order valence-electron chi connectivity index (χ0n) is 20.0. The second-order valence-corrected chi connectivity index (χ2v) is 10.4. The number of hydrogen-bond acceptors (Lipinski definition) is 5. The summed E-state index contributed by atoms with van der Waals surface area (Å²) in [5.74, 6) is -0.336. The van der Waals surface area contributed by atoms with Crippen LogP contribution >= 0.6 is 0 Å². The Kier molecular flexibility index (Phi) is 6.75. The summed E-state index contributed by atoms with van der Waals surface area (Å²) in [6.07, 6.45) is 11.1. The van der Waals surface area contributed by atoms with E-state index >= 15 is 0 Å². The van der Waals surface area contributed by atoms with Crippen LogP contribution in [0.5, 0.6) is 0 Å². The van der Waals surface area contributed by atoms with E-state index in [9.17, 15) is 4.79 Å². The molecule has 0 unspecified atom stereocenters. The van der Waals surface area contributed by atoms with E-state index in [0.29, 0.717) is 24.5 Å². The van der Waals surface area contributed by atoms with Crippen LogP contribution < -0.4 is 5.73 Å². The van der Waals surface area contributed by atoms with E-state index in [0.717, 1.165) is 51.7 Å². The molecule has 3 atom stereocenters. The number of piperidine rings is 1. The topological polar surface area (TPSA) is 64.8 Å². The number of esters is 1. The maximum absolute atomic E-state index is 12.9. The lowest BCUT2D eigenvalue weighted by atomic mass is 9.55. The van der Waals surface area contributed by atoms with Crippen LogP contribution in [0.3, 0.4) is 0 Å². The van der Waals surface area contributed by atoms with Gasteiger partial charge in [-0.2, -0.15) is 0 Å². The number of nitrogen functional groups attached to an aromatic ring is 1. The van der Waals surface area contributed by atoms with Crippen molar-refractivity contribution in [3.05, 3.63) is 77.9 Å². The van der Waals surface area contributed by atoms with Crippen LogP contribution in [-0.4, -0.2) is 49.8 Å². The molecule has 1 saturated heterocycles. The number of ether oxygens (including phenoxy) is 2. The molecule has 1 saturated carbocycles. The fraction of sp³-hybridized carbons (Fsp3) is 0.483. The highest BCUT2D eigenvalue weighted by atomic mass is 16.5. The van der Waals surface area contributed by atoms with Crippen LogP contribution in [0.15, 0.2) is 66.7 Å².